The topological polar surface area (TPSA) is 90.0 Å². The first-order valence-corrected chi connectivity index (χ1v) is 10.8. The summed E-state index contributed by atoms with van der Waals surface area (Å²) in [6.07, 6.45) is 4.82. The van der Waals surface area contributed by atoms with Gasteiger partial charge in [0.15, 0.2) is 12.4 Å². The van der Waals surface area contributed by atoms with Gasteiger partial charge in [-0.25, -0.2) is 8.42 Å². The van der Waals surface area contributed by atoms with Crippen LogP contribution in [0.1, 0.15) is 42.5 Å². The van der Waals surface area contributed by atoms with Crippen molar-refractivity contribution in [2.24, 2.45) is 5.92 Å². The molecule has 27 heavy (non-hydrogen) atoms. The van der Waals surface area contributed by atoms with Crippen molar-refractivity contribution in [3.8, 4) is 0 Å². The minimum absolute atomic E-state index is 0.104. The van der Waals surface area contributed by atoms with Gasteiger partial charge >= 0.3 is 5.97 Å². The highest BCUT2D eigenvalue weighted by Gasteiger charge is 2.27. The molecular weight excluding hydrogens is 370 g/mol. The van der Waals surface area contributed by atoms with Gasteiger partial charge in [-0.05, 0) is 37.1 Å². The SMILES string of the molecule is O=C(COC(=O)C1CCCCC1)c1ccc(S(=O)(=O)N2CCOCC2)cc1. The van der Waals surface area contributed by atoms with Crippen LogP contribution in [-0.2, 0) is 24.3 Å². The molecule has 1 aliphatic heterocycles. The number of hydrogen-bond donors (Lipinski definition) is 0. The van der Waals surface area contributed by atoms with E-state index in [9.17, 15) is 18.0 Å². The second kappa shape index (κ2) is 8.95. The molecule has 3 rings (SSSR count). The van der Waals surface area contributed by atoms with Crippen LogP contribution < -0.4 is 0 Å². The van der Waals surface area contributed by atoms with Gasteiger partial charge in [0.25, 0.3) is 0 Å². The van der Waals surface area contributed by atoms with Crippen LogP contribution in [0.3, 0.4) is 0 Å². The van der Waals surface area contributed by atoms with E-state index in [1.807, 2.05) is 0 Å². The van der Waals surface area contributed by atoms with Crippen LogP contribution in [0.5, 0.6) is 0 Å². The van der Waals surface area contributed by atoms with E-state index in [2.05, 4.69) is 0 Å². The maximum atomic E-state index is 12.6. The lowest BCUT2D eigenvalue weighted by atomic mass is 9.89. The molecule has 0 bridgehead atoms. The Kier molecular flexibility index (Phi) is 6.62. The Morgan fingerprint density at radius 2 is 1.67 bits per heavy atom. The lowest BCUT2D eigenvalue weighted by molar-refractivity contribution is -0.148. The van der Waals surface area contributed by atoms with Crippen molar-refractivity contribution in [1.29, 1.82) is 0 Å². The molecule has 0 atom stereocenters. The molecule has 0 radical (unpaired) electrons. The quantitative estimate of drug-likeness (QED) is 0.541. The molecule has 8 heteroatoms. The van der Waals surface area contributed by atoms with E-state index in [0.717, 1.165) is 32.1 Å². The summed E-state index contributed by atoms with van der Waals surface area (Å²) in [6.45, 7) is 1.08. The number of hydrogen-bond acceptors (Lipinski definition) is 6. The molecule has 0 unspecified atom stereocenters. The first-order chi connectivity index (χ1) is 13.0. The standard InChI is InChI=1S/C19H25NO6S/c21-18(14-26-19(22)16-4-2-1-3-5-16)15-6-8-17(9-7-15)27(23,24)20-10-12-25-13-11-20/h6-9,16H,1-5,10-14H2. The van der Waals surface area contributed by atoms with Gasteiger partial charge in [-0.1, -0.05) is 19.3 Å². The normalized spacial score (nSPS) is 19.6. The molecule has 2 aliphatic rings. The predicted octanol–water partition coefficient (Wildman–Crippen LogP) is 2.01. The summed E-state index contributed by atoms with van der Waals surface area (Å²) >= 11 is 0. The first kappa shape index (κ1) is 20.0. The molecule has 1 saturated heterocycles. The van der Waals surface area contributed by atoms with Crippen LogP contribution in [0.4, 0.5) is 0 Å². The summed E-state index contributed by atoms with van der Waals surface area (Å²) in [5.74, 6) is -0.753. The van der Waals surface area contributed by atoms with E-state index in [1.54, 1.807) is 0 Å². The number of ether oxygens (including phenoxy) is 2. The largest absolute Gasteiger partial charge is 0.457 e. The van der Waals surface area contributed by atoms with Crippen LogP contribution in [0.2, 0.25) is 0 Å². The van der Waals surface area contributed by atoms with Crippen LogP contribution >= 0.6 is 0 Å². The Morgan fingerprint density at radius 3 is 2.30 bits per heavy atom. The predicted molar refractivity (Wildman–Crippen MR) is 97.9 cm³/mol. The maximum absolute atomic E-state index is 12.6. The van der Waals surface area contributed by atoms with E-state index in [4.69, 9.17) is 9.47 Å². The summed E-state index contributed by atoms with van der Waals surface area (Å²) in [6, 6.07) is 5.76. The number of esters is 1. The highest BCUT2D eigenvalue weighted by molar-refractivity contribution is 7.89. The number of morpholine rings is 1. The van der Waals surface area contributed by atoms with Gasteiger partial charge in [0.2, 0.25) is 10.0 Å². The van der Waals surface area contributed by atoms with Gasteiger partial charge in [0.1, 0.15) is 0 Å². The van der Waals surface area contributed by atoms with Crippen molar-refractivity contribution in [3.05, 3.63) is 29.8 Å². The third-order valence-electron chi connectivity index (χ3n) is 5.07. The van der Waals surface area contributed by atoms with E-state index in [0.29, 0.717) is 31.9 Å². The molecule has 0 N–H and O–H groups in total. The summed E-state index contributed by atoms with van der Waals surface area (Å²) in [5, 5.41) is 0. The van der Waals surface area contributed by atoms with Crippen molar-refractivity contribution in [2.75, 3.05) is 32.9 Å². The van der Waals surface area contributed by atoms with Crippen molar-refractivity contribution in [3.63, 3.8) is 0 Å². The summed E-state index contributed by atoms with van der Waals surface area (Å²) in [7, 11) is -3.59. The number of benzene rings is 1. The molecule has 0 spiro atoms. The molecule has 148 valence electrons. The molecule has 1 saturated carbocycles. The van der Waals surface area contributed by atoms with Crippen LogP contribution in [0, 0.1) is 5.92 Å². The number of carbonyl (C=O) groups is 2. The zero-order chi connectivity index (χ0) is 19.3. The number of sulfonamides is 1. The fraction of sp³-hybridized carbons (Fsp3) is 0.579. The van der Waals surface area contributed by atoms with Crippen LogP contribution in [-0.4, -0.2) is 57.4 Å². The van der Waals surface area contributed by atoms with Gasteiger partial charge in [-0.2, -0.15) is 4.31 Å². The van der Waals surface area contributed by atoms with Crippen LogP contribution in [0.15, 0.2) is 29.2 Å². The molecule has 1 aliphatic carbocycles. The van der Waals surface area contributed by atoms with Gasteiger partial charge in [-0.15, -0.1) is 0 Å². The lowest BCUT2D eigenvalue weighted by Gasteiger charge is -2.26. The Morgan fingerprint density at radius 1 is 1.04 bits per heavy atom. The Balaban J connectivity index is 1.57. The number of carbonyl (C=O) groups excluding carboxylic acids is 2. The number of Topliss-reactive ketones (excluding diaryl/α,β-unsaturated/α-hetero) is 1. The monoisotopic (exact) mass is 395 g/mol. The second-order valence-corrected chi connectivity index (χ2v) is 8.84. The minimum atomic E-state index is -3.59. The van der Waals surface area contributed by atoms with Crippen molar-refractivity contribution >= 4 is 21.8 Å². The van der Waals surface area contributed by atoms with Gasteiger partial charge in [0, 0.05) is 18.7 Å². The smallest absolute Gasteiger partial charge is 0.309 e. The van der Waals surface area contributed by atoms with E-state index in [-0.39, 0.29) is 29.2 Å². The maximum Gasteiger partial charge on any atom is 0.309 e. The molecule has 2 fully saturated rings. The number of ketones is 1. The van der Waals surface area contributed by atoms with E-state index < -0.39 is 10.0 Å². The number of rotatable bonds is 6. The fourth-order valence-electron chi connectivity index (χ4n) is 3.42. The Hall–Kier alpha value is -1.77. The van der Waals surface area contributed by atoms with Crippen molar-refractivity contribution in [1.82, 2.24) is 4.31 Å². The Labute approximate surface area is 159 Å². The molecule has 0 amide bonds. The first-order valence-electron chi connectivity index (χ1n) is 9.36. The molecule has 1 aromatic rings. The van der Waals surface area contributed by atoms with Gasteiger partial charge < -0.3 is 9.47 Å². The minimum Gasteiger partial charge on any atom is -0.457 e. The van der Waals surface area contributed by atoms with Crippen molar-refractivity contribution < 1.29 is 27.5 Å². The molecule has 7 nitrogen and oxygen atoms in total. The average molecular weight is 395 g/mol. The highest BCUT2D eigenvalue weighted by Crippen LogP contribution is 2.24. The van der Waals surface area contributed by atoms with Crippen molar-refractivity contribution in [2.45, 2.75) is 37.0 Å². The molecule has 0 aromatic heterocycles. The zero-order valence-corrected chi connectivity index (χ0v) is 16.1. The lowest BCUT2D eigenvalue weighted by Crippen LogP contribution is -2.40. The summed E-state index contributed by atoms with van der Waals surface area (Å²) in [4.78, 5) is 24.4. The zero-order valence-electron chi connectivity index (χ0n) is 15.3. The number of nitrogens with zero attached hydrogens (tertiary/aromatic N) is 1. The van der Waals surface area contributed by atoms with Gasteiger partial charge in [0.05, 0.1) is 24.0 Å². The van der Waals surface area contributed by atoms with E-state index >= 15 is 0 Å². The average Bonchev–Trinajstić information content (AvgIpc) is 2.73. The summed E-state index contributed by atoms with van der Waals surface area (Å²) < 4.78 is 36.9. The highest BCUT2D eigenvalue weighted by atomic mass is 32.2. The molecule has 1 heterocycles. The summed E-state index contributed by atoms with van der Waals surface area (Å²) in [5.41, 5.74) is 0.326. The molecular formula is C19H25NO6S. The second-order valence-electron chi connectivity index (χ2n) is 6.91. The third-order valence-corrected chi connectivity index (χ3v) is 6.98. The third kappa shape index (κ3) is 4.94. The Bertz CT molecular complexity index is 762. The molecule has 1 aromatic carbocycles. The van der Waals surface area contributed by atoms with Gasteiger partial charge in [-0.3, -0.25) is 9.59 Å². The fourth-order valence-corrected chi connectivity index (χ4v) is 4.83. The van der Waals surface area contributed by atoms with E-state index in [1.165, 1.54) is 28.6 Å². The van der Waals surface area contributed by atoms with Crippen LogP contribution in [0.25, 0.3) is 0 Å².